The van der Waals surface area contributed by atoms with Crippen LogP contribution in [0.25, 0.3) is 17.0 Å². The van der Waals surface area contributed by atoms with Gasteiger partial charge in [-0.2, -0.15) is 0 Å². The Morgan fingerprint density at radius 1 is 1.06 bits per heavy atom. The number of hydrogen-bond donors (Lipinski definition) is 0. The second kappa shape index (κ2) is 3.45. The van der Waals surface area contributed by atoms with Crippen LogP contribution in [0, 0.1) is 6.92 Å². The van der Waals surface area contributed by atoms with Crippen molar-refractivity contribution in [3.8, 4) is 11.4 Å². The average molecular weight is 209 g/mol. The minimum Gasteiger partial charge on any atom is -0.304 e. The highest BCUT2D eigenvalue weighted by Crippen LogP contribution is 2.21. The topological polar surface area (TPSA) is 30.2 Å². The van der Waals surface area contributed by atoms with Crippen LogP contribution in [0.4, 0.5) is 0 Å². The van der Waals surface area contributed by atoms with E-state index in [4.69, 9.17) is 0 Å². The third-order valence-corrected chi connectivity index (χ3v) is 2.68. The van der Waals surface area contributed by atoms with Gasteiger partial charge in [-0.05, 0) is 31.2 Å². The van der Waals surface area contributed by atoms with Crippen molar-refractivity contribution in [3.05, 3.63) is 54.5 Å². The summed E-state index contributed by atoms with van der Waals surface area (Å²) < 4.78 is 2.07. The van der Waals surface area contributed by atoms with Gasteiger partial charge >= 0.3 is 0 Å². The molecule has 0 amide bonds. The van der Waals surface area contributed by atoms with Gasteiger partial charge in [-0.25, -0.2) is 4.98 Å². The summed E-state index contributed by atoms with van der Waals surface area (Å²) in [5, 5.41) is 0. The van der Waals surface area contributed by atoms with Gasteiger partial charge < -0.3 is 4.40 Å². The van der Waals surface area contributed by atoms with Crippen LogP contribution in [0.3, 0.4) is 0 Å². The third-order valence-electron chi connectivity index (χ3n) is 2.68. The van der Waals surface area contributed by atoms with E-state index in [1.807, 2.05) is 42.6 Å². The molecule has 3 nitrogen and oxygen atoms in total. The Morgan fingerprint density at radius 3 is 2.69 bits per heavy atom. The van der Waals surface area contributed by atoms with Crippen molar-refractivity contribution in [1.82, 2.24) is 14.4 Å². The van der Waals surface area contributed by atoms with E-state index in [2.05, 4.69) is 21.3 Å². The molecule has 3 heteroatoms. The first-order valence-corrected chi connectivity index (χ1v) is 5.21. The second-order valence-electron chi connectivity index (χ2n) is 3.69. The Kier molecular flexibility index (Phi) is 1.96. The van der Waals surface area contributed by atoms with Crippen LogP contribution in [0.5, 0.6) is 0 Å². The Balaban J connectivity index is 2.29. The Labute approximate surface area is 93.4 Å². The highest BCUT2D eigenvalue weighted by atomic mass is 15.0. The predicted octanol–water partition coefficient (Wildman–Crippen LogP) is 2.70. The number of aromatic nitrogens is 3. The first kappa shape index (κ1) is 9.09. The number of pyridine rings is 2. The minimum absolute atomic E-state index is 0.920. The van der Waals surface area contributed by atoms with Crippen molar-refractivity contribution >= 4 is 5.65 Å². The van der Waals surface area contributed by atoms with Gasteiger partial charge in [-0.3, -0.25) is 4.98 Å². The molecule has 16 heavy (non-hydrogen) atoms. The molecule has 3 aromatic heterocycles. The molecule has 0 radical (unpaired) electrons. The van der Waals surface area contributed by atoms with Crippen molar-refractivity contribution in [3.63, 3.8) is 0 Å². The largest absolute Gasteiger partial charge is 0.304 e. The molecule has 0 saturated carbocycles. The maximum atomic E-state index is 4.58. The predicted molar refractivity (Wildman–Crippen MR) is 63.2 cm³/mol. The van der Waals surface area contributed by atoms with Crippen LogP contribution >= 0.6 is 0 Å². The fourth-order valence-corrected chi connectivity index (χ4v) is 1.86. The molecule has 3 rings (SSSR count). The van der Waals surface area contributed by atoms with E-state index < -0.39 is 0 Å². The first-order valence-electron chi connectivity index (χ1n) is 5.21. The van der Waals surface area contributed by atoms with Crippen molar-refractivity contribution in [1.29, 1.82) is 0 Å². The number of nitrogens with zero attached hydrogens (tertiary/aromatic N) is 3. The first-order chi connectivity index (χ1) is 7.86. The molecule has 0 aromatic carbocycles. The molecule has 0 fully saturated rings. The van der Waals surface area contributed by atoms with Gasteiger partial charge in [0.2, 0.25) is 0 Å². The Morgan fingerprint density at radius 2 is 1.94 bits per heavy atom. The van der Waals surface area contributed by atoms with Crippen LogP contribution in [-0.2, 0) is 0 Å². The number of hydrogen-bond acceptors (Lipinski definition) is 2. The summed E-state index contributed by atoms with van der Waals surface area (Å²) in [6, 6.07) is 11.9. The van der Waals surface area contributed by atoms with E-state index >= 15 is 0 Å². The van der Waals surface area contributed by atoms with Gasteiger partial charge in [0.25, 0.3) is 0 Å². The summed E-state index contributed by atoms with van der Waals surface area (Å²) in [6.45, 7) is 2.06. The summed E-state index contributed by atoms with van der Waals surface area (Å²) in [6.07, 6.45) is 3.81. The lowest BCUT2D eigenvalue weighted by atomic mass is 10.2. The number of fused-ring (bicyclic) bond motifs is 1. The second-order valence-corrected chi connectivity index (χ2v) is 3.69. The number of aryl methyl sites for hydroxylation is 1. The van der Waals surface area contributed by atoms with Gasteiger partial charge in [0.1, 0.15) is 11.3 Å². The zero-order chi connectivity index (χ0) is 11.0. The SMILES string of the molecule is Cc1c(-c2ccccn2)nc2ccccn12. The normalized spacial score (nSPS) is 10.8. The summed E-state index contributed by atoms with van der Waals surface area (Å²) >= 11 is 0. The molecule has 78 valence electrons. The zero-order valence-corrected chi connectivity index (χ0v) is 8.96. The summed E-state index contributed by atoms with van der Waals surface area (Å²) in [7, 11) is 0. The molecular formula is C13H11N3. The highest BCUT2D eigenvalue weighted by Gasteiger charge is 2.09. The number of imidazole rings is 1. The van der Waals surface area contributed by atoms with E-state index in [0.717, 1.165) is 22.7 Å². The molecule has 0 aliphatic carbocycles. The zero-order valence-electron chi connectivity index (χ0n) is 8.96. The highest BCUT2D eigenvalue weighted by molar-refractivity contribution is 5.62. The van der Waals surface area contributed by atoms with Gasteiger partial charge in [-0.15, -0.1) is 0 Å². The fraction of sp³-hybridized carbons (Fsp3) is 0.0769. The quantitative estimate of drug-likeness (QED) is 0.616. The molecule has 0 spiro atoms. The van der Waals surface area contributed by atoms with Crippen LogP contribution in [0.1, 0.15) is 5.69 Å². The summed E-state index contributed by atoms with van der Waals surface area (Å²) in [4.78, 5) is 8.91. The van der Waals surface area contributed by atoms with Gasteiger partial charge in [0.05, 0.1) is 5.69 Å². The van der Waals surface area contributed by atoms with Crippen LogP contribution < -0.4 is 0 Å². The van der Waals surface area contributed by atoms with Gasteiger partial charge in [0.15, 0.2) is 0 Å². The van der Waals surface area contributed by atoms with Crippen molar-refractivity contribution in [2.24, 2.45) is 0 Å². The minimum atomic E-state index is 0.920. The molecule has 3 aromatic rings. The molecular weight excluding hydrogens is 198 g/mol. The standard InChI is InChI=1S/C13H11N3/c1-10-13(11-6-2-4-8-14-11)15-12-7-3-5-9-16(10)12/h2-9H,1H3. The summed E-state index contributed by atoms with van der Waals surface area (Å²) in [5.41, 5.74) is 3.95. The maximum absolute atomic E-state index is 4.58. The maximum Gasteiger partial charge on any atom is 0.137 e. The Bertz CT molecular complexity index is 626. The van der Waals surface area contributed by atoms with E-state index in [9.17, 15) is 0 Å². The fourth-order valence-electron chi connectivity index (χ4n) is 1.86. The Hall–Kier alpha value is -2.16. The molecule has 0 aliphatic heterocycles. The van der Waals surface area contributed by atoms with Crippen molar-refractivity contribution in [2.75, 3.05) is 0 Å². The van der Waals surface area contributed by atoms with E-state index in [-0.39, 0.29) is 0 Å². The van der Waals surface area contributed by atoms with Crippen LogP contribution in [-0.4, -0.2) is 14.4 Å². The van der Waals surface area contributed by atoms with Gasteiger partial charge in [0, 0.05) is 18.1 Å². The lowest BCUT2D eigenvalue weighted by Gasteiger charge is -1.97. The molecule has 0 atom stereocenters. The van der Waals surface area contributed by atoms with E-state index in [0.29, 0.717) is 0 Å². The summed E-state index contributed by atoms with van der Waals surface area (Å²) in [5.74, 6) is 0. The third kappa shape index (κ3) is 1.29. The lowest BCUT2D eigenvalue weighted by Crippen LogP contribution is -1.87. The monoisotopic (exact) mass is 209 g/mol. The molecule has 0 unspecified atom stereocenters. The van der Waals surface area contributed by atoms with Crippen LogP contribution in [0.15, 0.2) is 48.8 Å². The van der Waals surface area contributed by atoms with E-state index in [1.165, 1.54) is 0 Å². The van der Waals surface area contributed by atoms with Crippen LogP contribution in [0.2, 0.25) is 0 Å². The van der Waals surface area contributed by atoms with Gasteiger partial charge in [-0.1, -0.05) is 12.1 Å². The number of rotatable bonds is 1. The lowest BCUT2D eigenvalue weighted by molar-refractivity contribution is 1.11. The van der Waals surface area contributed by atoms with Crippen molar-refractivity contribution in [2.45, 2.75) is 6.92 Å². The molecule has 0 bridgehead atoms. The molecule has 3 heterocycles. The average Bonchev–Trinajstić information content (AvgIpc) is 2.69. The smallest absolute Gasteiger partial charge is 0.137 e. The molecule has 0 saturated heterocycles. The molecule has 0 N–H and O–H groups in total. The van der Waals surface area contributed by atoms with Crippen molar-refractivity contribution < 1.29 is 0 Å². The van der Waals surface area contributed by atoms with E-state index in [1.54, 1.807) is 6.20 Å². The molecule has 0 aliphatic rings.